The molecule has 2 bridgehead atoms. The highest BCUT2D eigenvalue weighted by Gasteiger charge is 2.47. The average molecular weight is 520 g/mol. The summed E-state index contributed by atoms with van der Waals surface area (Å²) < 4.78 is 0. The summed E-state index contributed by atoms with van der Waals surface area (Å²) in [6, 6.07) is 16.6. The standard InChI is InChI=1S/C30H29N7O2/c31-16-18-5-3-6-19(13-18)24-17-33-30(34-23-8-4-7-22(15-23)29(39)37-11-1-2-12-37)36-28(24)35-26-21-10-9-20(14-21)25(26)27(32)38/h3-10,13,15,17,20-21,25-26H,1-2,11-12,14H2,(H2,32,38)(H2,33,34,35,36)/t20-,21+,25?,26?/m1/s1. The summed E-state index contributed by atoms with van der Waals surface area (Å²) in [4.78, 5) is 36.5. The molecule has 1 saturated heterocycles. The summed E-state index contributed by atoms with van der Waals surface area (Å²) in [6.07, 6.45) is 8.87. The number of anilines is 3. The number of amides is 2. The monoisotopic (exact) mass is 519 g/mol. The van der Waals surface area contributed by atoms with Crippen molar-refractivity contribution < 1.29 is 9.59 Å². The van der Waals surface area contributed by atoms with Gasteiger partial charge in [-0.15, -0.1) is 0 Å². The Morgan fingerprint density at radius 3 is 2.64 bits per heavy atom. The Kier molecular flexibility index (Phi) is 6.45. The number of aromatic nitrogens is 2. The molecule has 0 spiro atoms. The van der Waals surface area contributed by atoms with E-state index >= 15 is 0 Å². The molecule has 1 saturated carbocycles. The number of rotatable bonds is 7. The zero-order valence-corrected chi connectivity index (χ0v) is 21.4. The van der Waals surface area contributed by atoms with Gasteiger partial charge in [-0.1, -0.05) is 30.4 Å². The normalized spacial score (nSPS) is 23.0. The van der Waals surface area contributed by atoms with Crippen LogP contribution in [-0.2, 0) is 4.79 Å². The molecule has 39 heavy (non-hydrogen) atoms. The Bertz CT molecular complexity index is 1510. The third-order valence-electron chi connectivity index (χ3n) is 7.94. The number of hydrogen-bond donors (Lipinski definition) is 3. The van der Waals surface area contributed by atoms with Crippen LogP contribution < -0.4 is 16.4 Å². The lowest BCUT2D eigenvalue weighted by molar-refractivity contribution is -0.122. The molecule has 9 heteroatoms. The maximum absolute atomic E-state index is 12.9. The third kappa shape index (κ3) is 4.81. The number of carbonyl (C=O) groups excluding carboxylic acids is 2. The number of nitrogens with one attached hydrogen (secondary N) is 2. The van der Waals surface area contributed by atoms with Gasteiger partial charge in [-0.2, -0.15) is 10.2 Å². The second-order valence-electron chi connectivity index (χ2n) is 10.4. The molecule has 4 atom stereocenters. The molecular formula is C30H29N7O2. The van der Waals surface area contributed by atoms with Crippen molar-refractivity contribution in [1.82, 2.24) is 14.9 Å². The lowest BCUT2D eigenvalue weighted by Crippen LogP contribution is -2.41. The smallest absolute Gasteiger partial charge is 0.253 e. The van der Waals surface area contributed by atoms with Gasteiger partial charge in [-0.3, -0.25) is 9.59 Å². The summed E-state index contributed by atoms with van der Waals surface area (Å²) >= 11 is 0. The van der Waals surface area contributed by atoms with E-state index in [-0.39, 0.29) is 35.6 Å². The van der Waals surface area contributed by atoms with Crippen molar-refractivity contribution >= 4 is 29.3 Å². The first-order valence-electron chi connectivity index (χ1n) is 13.3. The van der Waals surface area contributed by atoms with E-state index in [1.165, 1.54) is 0 Å². The molecule has 196 valence electrons. The minimum Gasteiger partial charge on any atom is -0.369 e. The highest BCUT2D eigenvalue weighted by molar-refractivity contribution is 5.95. The molecule has 3 aromatic rings. The molecule has 2 amide bonds. The lowest BCUT2D eigenvalue weighted by atomic mass is 9.88. The number of nitriles is 1. The Morgan fingerprint density at radius 1 is 1.05 bits per heavy atom. The van der Waals surface area contributed by atoms with Crippen LogP contribution in [0.3, 0.4) is 0 Å². The van der Waals surface area contributed by atoms with Crippen molar-refractivity contribution in [2.24, 2.45) is 23.5 Å². The lowest BCUT2D eigenvalue weighted by Gasteiger charge is -2.28. The van der Waals surface area contributed by atoms with E-state index in [0.29, 0.717) is 34.1 Å². The first kappa shape index (κ1) is 24.6. The Hall–Kier alpha value is -4.71. The van der Waals surface area contributed by atoms with Crippen LogP contribution in [0, 0.1) is 29.1 Å². The maximum atomic E-state index is 12.9. The van der Waals surface area contributed by atoms with E-state index in [4.69, 9.17) is 10.7 Å². The molecule has 4 N–H and O–H groups in total. The molecule has 2 unspecified atom stereocenters. The Morgan fingerprint density at radius 2 is 1.85 bits per heavy atom. The Labute approximate surface area is 226 Å². The van der Waals surface area contributed by atoms with Crippen LogP contribution in [0.1, 0.15) is 35.2 Å². The van der Waals surface area contributed by atoms with Gasteiger partial charge >= 0.3 is 0 Å². The van der Waals surface area contributed by atoms with Gasteiger partial charge in [0.05, 0.1) is 17.6 Å². The van der Waals surface area contributed by atoms with E-state index in [1.807, 2.05) is 41.3 Å². The summed E-state index contributed by atoms with van der Waals surface area (Å²) in [7, 11) is 0. The van der Waals surface area contributed by atoms with Gasteiger partial charge in [0.15, 0.2) is 0 Å². The predicted octanol–water partition coefficient (Wildman–Crippen LogP) is 4.08. The zero-order chi connectivity index (χ0) is 26.9. The fourth-order valence-electron chi connectivity index (χ4n) is 6.05. The van der Waals surface area contributed by atoms with Gasteiger partial charge in [-0.25, -0.2) is 4.98 Å². The fourth-order valence-corrected chi connectivity index (χ4v) is 6.05. The molecule has 2 aliphatic carbocycles. The number of carbonyl (C=O) groups is 2. The molecule has 0 radical (unpaired) electrons. The summed E-state index contributed by atoms with van der Waals surface area (Å²) in [5.74, 6) is 0.536. The molecule has 2 heterocycles. The van der Waals surface area contributed by atoms with Gasteiger partial charge in [0, 0.05) is 42.1 Å². The quantitative estimate of drug-likeness (QED) is 0.400. The SMILES string of the molecule is N#Cc1cccc(-c2cnc(Nc3cccc(C(=O)N4CCCC4)c3)nc2NC2C(C(N)=O)[C@@H]3C=C[C@H]2C3)c1. The van der Waals surface area contributed by atoms with Gasteiger partial charge < -0.3 is 21.3 Å². The topological polar surface area (TPSA) is 137 Å². The van der Waals surface area contributed by atoms with Crippen molar-refractivity contribution in [2.45, 2.75) is 25.3 Å². The molecule has 6 rings (SSSR count). The number of likely N-dealkylation sites (tertiary alicyclic amines) is 1. The highest BCUT2D eigenvalue weighted by Crippen LogP contribution is 2.45. The Balaban J connectivity index is 1.33. The van der Waals surface area contributed by atoms with Crippen LogP contribution in [0.25, 0.3) is 11.1 Å². The van der Waals surface area contributed by atoms with Crippen LogP contribution in [-0.4, -0.2) is 45.8 Å². The molecule has 2 aromatic carbocycles. The third-order valence-corrected chi connectivity index (χ3v) is 7.94. The molecule has 3 aliphatic rings. The van der Waals surface area contributed by atoms with Crippen LogP contribution in [0.15, 0.2) is 66.9 Å². The first-order valence-corrected chi connectivity index (χ1v) is 13.3. The number of allylic oxidation sites excluding steroid dienone is 1. The highest BCUT2D eigenvalue weighted by atomic mass is 16.2. The van der Waals surface area contributed by atoms with E-state index in [1.54, 1.807) is 18.3 Å². The molecule has 2 fully saturated rings. The number of nitrogens with two attached hydrogens (primary N) is 1. The first-order chi connectivity index (χ1) is 19.0. The van der Waals surface area contributed by atoms with Crippen molar-refractivity contribution in [3.8, 4) is 17.2 Å². The van der Waals surface area contributed by atoms with E-state index in [9.17, 15) is 14.9 Å². The van der Waals surface area contributed by atoms with Crippen LogP contribution >= 0.6 is 0 Å². The number of fused-ring (bicyclic) bond motifs is 2. The van der Waals surface area contributed by atoms with Crippen molar-refractivity contribution in [2.75, 3.05) is 23.7 Å². The molecular weight excluding hydrogens is 490 g/mol. The summed E-state index contributed by atoms with van der Waals surface area (Å²) in [6.45, 7) is 1.57. The van der Waals surface area contributed by atoms with E-state index < -0.39 is 0 Å². The number of nitrogens with zero attached hydrogens (tertiary/aromatic N) is 4. The van der Waals surface area contributed by atoms with Crippen molar-refractivity contribution in [3.63, 3.8) is 0 Å². The molecule has 9 nitrogen and oxygen atoms in total. The van der Waals surface area contributed by atoms with Gasteiger partial charge in [0.2, 0.25) is 11.9 Å². The van der Waals surface area contributed by atoms with Crippen molar-refractivity contribution in [3.05, 3.63) is 78.0 Å². The number of hydrogen-bond acceptors (Lipinski definition) is 7. The average Bonchev–Trinajstić information content (AvgIpc) is 3.72. The fraction of sp³-hybridized carbons (Fsp3) is 0.300. The number of benzene rings is 2. The molecule has 1 aliphatic heterocycles. The zero-order valence-electron chi connectivity index (χ0n) is 21.4. The predicted molar refractivity (Wildman–Crippen MR) is 148 cm³/mol. The van der Waals surface area contributed by atoms with Gasteiger partial charge in [0.1, 0.15) is 5.82 Å². The number of primary amides is 1. The second kappa shape index (κ2) is 10.2. The van der Waals surface area contributed by atoms with Gasteiger partial charge in [-0.05, 0) is 67.0 Å². The van der Waals surface area contributed by atoms with Crippen LogP contribution in [0.5, 0.6) is 0 Å². The summed E-state index contributed by atoms with van der Waals surface area (Å²) in [5.41, 5.74) is 9.14. The second-order valence-corrected chi connectivity index (χ2v) is 10.4. The molecule has 1 aromatic heterocycles. The van der Waals surface area contributed by atoms with E-state index in [2.05, 4.69) is 33.8 Å². The van der Waals surface area contributed by atoms with E-state index in [0.717, 1.165) is 37.9 Å². The minimum absolute atomic E-state index is 0.0222. The van der Waals surface area contributed by atoms with Crippen molar-refractivity contribution in [1.29, 1.82) is 5.26 Å². The van der Waals surface area contributed by atoms with Crippen LogP contribution in [0.2, 0.25) is 0 Å². The summed E-state index contributed by atoms with van der Waals surface area (Å²) in [5, 5.41) is 16.2. The largest absolute Gasteiger partial charge is 0.369 e. The minimum atomic E-state index is -0.335. The maximum Gasteiger partial charge on any atom is 0.253 e. The van der Waals surface area contributed by atoms with Crippen LogP contribution in [0.4, 0.5) is 17.5 Å². The van der Waals surface area contributed by atoms with Gasteiger partial charge in [0.25, 0.3) is 5.91 Å².